The fourth-order valence-corrected chi connectivity index (χ4v) is 1.68. The number of hydrogen-bond acceptors (Lipinski definition) is 6. The molecule has 0 spiro atoms. The molecule has 2 N–H and O–H groups in total. The maximum atomic E-state index is 10.4. The summed E-state index contributed by atoms with van der Waals surface area (Å²) in [5, 5.41) is 11.2. The molecule has 1 aliphatic heterocycles. The lowest BCUT2D eigenvalue weighted by Crippen LogP contribution is -2.41. The van der Waals surface area contributed by atoms with Crippen LogP contribution in [-0.4, -0.2) is 45.9 Å². The molecule has 8 heteroatoms. The van der Waals surface area contributed by atoms with E-state index in [1.165, 1.54) is 0 Å². The van der Waals surface area contributed by atoms with Gasteiger partial charge in [0.05, 0.1) is 11.2 Å². The van der Waals surface area contributed by atoms with Crippen LogP contribution in [0.25, 0.3) is 0 Å². The first kappa shape index (κ1) is 14.7. The lowest BCUT2D eigenvalue weighted by atomic mass is 9.81. The molecule has 7 nitrogen and oxygen atoms in total. The van der Waals surface area contributed by atoms with Crippen LogP contribution < -0.4 is 10.8 Å². The third-order valence-electron chi connectivity index (χ3n) is 3.59. The van der Waals surface area contributed by atoms with Crippen LogP contribution in [0.4, 0.5) is 5.95 Å². The number of carbonyl (C=O) groups is 1. The average molecular weight is 279 g/mol. The van der Waals surface area contributed by atoms with Gasteiger partial charge in [-0.25, -0.2) is 9.97 Å². The molecule has 0 unspecified atom stereocenters. The summed E-state index contributed by atoms with van der Waals surface area (Å²) in [6.07, 6.45) is 3.14. The van der Waals surface area contributed by atoms with Crippen molar-refractivity contribution >= 4 is 24.5 Å². The zero-order valence-corrected chi connectivity index (χ0v) is 12.0. The Bertz CT molecular complexity index is 488. The van der Waals surface area contributed by atoms with E-state index in [0.717, 1.165) is 0 Å². The highest BCUT2D eigenvalue weighted by Gasteiger charge is 2.51. The number of carboxylic acid groups (broad SMARTS) is 1. The van der Waals surface area contributed by atoms with Crippen molar-refractivity contribution in [3.8, 4) is 0 Å². The summed E-state index contributed by atoms with van der Waals surface area (Å²) in [7, 11) is -0.520. The molecule has 1 fully saturated rings. The van der Waals surface area contributed by atoms with E-state index in [9.17, 15) is 4.79 Å². The van der Waals surface area contributed by atoms with Crippen molar-refractivity contribution in [1.29, 1.82) is 0 Å². The topological polar surface area (TPSA) is 93.6 Å². The second kappa shape index (κ2) is 5.03. The molecule has 0 aliphatic carbocycles. The van der Waals surface area contributed by atoms with Gasteiger partial charge in [0.1, 0.15) is 6.54 Å². The van der Waals surface area contributed by atoms with Gasteiger partial charge in [0.25, 0.3) is 0 Å². The van der Waals surface area contributed by atoms with Gasteiger partial charge >= 0.3 is 13.1 Å². The molecule has 0 bridgehead atoms. The van der Waals surface area contributed by atoms with E-state index in [1.807, 2.05) is 27.7 Å². The van der Waals surface area contributed by atoms with Gasteiger partial charge in [0.15, 0.2) is 0 Å². The van der Waals surface area contributed by atoms with Gasteiger partial charge in [-0.15, -0.1) is 0 Å². The van der Waals surface area contributed by atoms with Crippen molar-refractivity contribution in [2.45, 2.75) is 38.9 Å². The molecule has 0 aromatic carbocycles. The molecule has 0 saturated carbocycles. The lowest BCUT2D eigenvalue weighted by molar-refractivity contribution is -0.134. The molecule has 1 aromatic rings. The number of hydrogen-bond donors (Lipinski definition) is 2. The van der Waals surface area contributed by atoms with Crippen LogP contribution in [0.15, 0.2) is 12.4 Å². The van der Waals surface area contributed by atoms with Gasteiger partial charge < -0.3 is 19.7 Å². The van der Waals surface area contributed by atoms with E-state index >= 15 is 0 Å². The maximum absolute atomic E-state index is 10.4. The summed E-state index contributed by atoms with van der Waals surface area (Å²) in [6.45, 7) is 7.65. The molecular formula is C12H18BN3O4. The molecular weight excluding hydrogens is 261 g/mol. The van der Waals surface area contributed by atoms with Gasteiger partial charge in [-0.05, 0) is 27.7 Å². The van der Waals surface area contributed by atoms with E-state index in [4.69, 9.17) is 14.4 Å². The first-order valence-corrected chi connectivity index (χ1v) is 6.34. The monoisotopic (exact) mass is 279 g/mol. The van der Waals surface area contributed by atoms with Gasteiger partial charge in [-0.1, -0.05) is 0 Å². The Balaban J connectivity index is 2.06. The Morgan fingerprint density at radius 1 is 1.25 bits per heavy atom. The third kappa shape index (κ3) is 2.91. The van der Waals surface area contributed by atoms with Gasteiger partial charge in [0.2, 0.25) is 5.95 Å². The summed E-state index contributed by atoms with van der Waals surface area (Å²) < 4.78 is 11.7. The second-order valence-electron chi connectivity index (χ2n) is 5.68. The van der Waals surface area contributed by atoms with Crippen LogP contribution in [0.3, 0.4) is 0 Å². The van der Waals surface area contributed by atoms with E-state index < -0.39 is 24.3 Å². The Hall–Kier alpha value is -1.67. The summed E-state index contributed by atoms with van der Waals surface area (Å²) in [6, 6.07) is 0. The summed E-state index contributed by atoms with van der Waals surface area (Å²) >= 11 is 0. The maximum Gasteiger partial charge on any atom is 0.498 e. The van der Waals surface area contributed by atoms with Crippen LogP contribution in [0.5, 0.6) is 0 Å². The average Bonchev–Trinajstić information content (AvgIpc) is 2.56. The van der Waals surface area contributed by atoms with Crippen LogP contribution in [0.1, 0.15) is 27.7 Å². The number of anilines is 1. The number of rotatable bonds is 4. The minimum atomic E-state index is -0.969. The molecule has 2 heterocycles. The second-order valence-corrected chi connectivity index (χ2v) is 5.68. The van der Waals surface area contributed by atoms with Crippen LogP contribution in [0, 0.1) is 0 Å². The predicted octanol–water partition coefficient (Wildman–Crippen LogP) is 0.272. The zero-order chi connectivity index (χ0) is 15.0. The number of aromatic nitrogens is 2. The van der Waals surface area contributed by atoms with Crippen molar-refractivity contribution in [2.75, 3.05) is 11.9 Å². The first-order valence-electron chi connectivity index (χ1n) is 6.34. The van der Waals surface area contributed by atoms with Gasteiger partial charge in [0, 0.05) is 17.9 Å². The third-order valence-corrected chi connectivity index (χ3v) is 3.59. The largest absolute Gasteiger partial charge is 0.498 e. The van der Waals surface area contributed by atoms with Crippen LogP contribution in [-0.2, 0) is 14.1 Å². The molecule has 1 aliphatic rings. The van der Waals surface area contributed by atoms with E-state index in [-0.39, 0.29) is 12.5 Å². The summed E-state index contributed by atoms with van der Waals surface area (Å²) in [5.41, 5.74) is -0.139. The Morgan fingerprint density at radius 2 is 1.75 bits per heavy atom. The number of nitrogens with zero attached hydrogens (tertiary/aromatic N) is 2. The number of carboxylic acids is 1. The van der Waals surface area contributed by atoms with Crippen molar-refractivity contribution < 1.29 is 19.2 Å². The lowest BCUT2D eigenvalue weighted by Gasteiger charge is -2.32. The van der Waals surface area contributed by atoms with E-state index in [1.54, 1.807) is 12.4 Å². The van der Waals surface area contributed by atoms with Gasteiger partial charge in [-0.3, -0.25) is 4.79 Å². The molecule has 2 rings (SSSR count). The summed E-state index contributed by atoms with van der Waals surface area (Å²) in [5.74, 6) is -0.712. The fraction of sp³-hybridized carbons (Fsp3) is 0.583. The molecule has 108 valence electrons. The van der Waals surface area contributed by atoms with Crippen LogP contribution in [0.2, 0.25) is 0 Å². The smallest absolute Gasteiger partial charge is 0.480 e. The minimum absolute atomic E-state index is 0.226. The standard InChI is InChI=1S/C12H18BN3O4/c1-11(2)12(3,4)20-13(19-11)8-5-14-10(15-6-8)16-7-9(17)18/h5-6H,7H2,1-4H3,(H,17,18)(H,14,15,16). The van der Waals surface area contributed by atoms with Crippen LogP contribution >= 0.6 is 0 Å². The highest BCUT2D eigenvalue weighted by atomic mass is 16.7. The van der Waals surface area contributed by atoms with Crippen molar-refractivity contribution in [3.05, 3.63) is 12.4 Å². The normalized spacial score (nSPS) is 19.9. The SMILES string of the molecule is CC1(C)OB(c2cnc(NCC(=O)O)nc2)OC1(C)C. The van der Waals surface area contributed by atoms with Crippen molar-refractivity contribution in [3.63, 3.8) is 0 Å². The molecule has 20 heavy (non-hydrogen) atoms. The van der Waals surface area contributed by atoms with Crippen molar-refractivity contribution in [2.24, 2.45) is 0 Å². The first-order chi connectivity index (χ1) is 9.21. The van der Waals surface area contributed by atoms with Crippen molar-refractivity contribution in [1.82, 2.24) is 9.97 Å². The fourth-order valence-electron chi connectivity index (χ4n) is 1.68. The Labute approximate surface area is 117 Å². The predicted molar refractivity (Wildman–Crippen MR) is 73.9 cm³/mol. The molecule has 1 saturated heterocycles. The molecule has 0 radical (unpaired) electrons. The number of nitrogens with one attached hydrogen (secondary N) is 1. The number of aliphatic carboxylic acids is 1. The quantitative estimate of drug-likeness (QED) is 0.764. The molecule has 1 aromatic heterocycles. The molecule has 0 atom stereocenters. The highest BCUT2D eigenvalue weighted by Crippen LogP contribution is 2.36. The zero-order valence-electron chi connectivity index (χ0n) is 12.0. The summed E-state index contributed by atoms with van der Waals surface area (Å²) in [4.78, 5) is 18.5. The Kier molecular flexibility index (Phi) is 3.70. The Morgan fingerprint density at radius 3 is 2.20 bits per heavy atom. The highest BCUT2D eigenvalue weighted by molar-refractivity contribution is 6.61. The van der Waals surface area contributed by atoms with E-state index in [0.29, 0.717) is 5.46 Å². The van der Waals surface area contributed by atoms with E-state index in [2.05, 4.69) is 15.3 Å². The molecule has 0 amide bonds. The van der Waals surface area contributed by atoms with Gasteiger partial charge in [-0.2, -0.15) is 0 Å². The minimum Gasteiger partial charge on any atom is -0.480 e.